The highest BCUT2D eigenvalue weighted by Crippen LogP contribution is 2.16. The van der Waals surface area contributed by atoms with Crippen molar-refractivity contribution in [3.8, 4) is 11.8 Å². The van der Waals surface area contributed by atoms with E-state index in [1.165, 1.54) is 6.08 Å². The van der Waals surface area contributed by atoms with Gasteiger partial charge < -0.3 is 14.8 Å². The van der Waals surface area contributed by atoms with Crippen molar-refractivity contribution in [2.24, 2.45) is 0 Å². The van der Waals surface area contributed by atoms with Gasteiger partial charge in [0.1, 0.15) is 17.4 Å². The minimum Gasteiger partial charge on any atom is -0.494 e. The number of hydrogen-bond acceptors (Lipinski definition) is 5. The van der Waals surface area contributed by atoms with Gasteiger partial charge in [-0.2, -0.15) is 5.26 Å². The third-order valence-corrected chi connectivity index (χ3v) is 3.52. The quantitative estimate of drug-likeness (QED) is 0.458. The number of esters is 1. The summed E-state index contributed by atoms with van der Waals surface area (Å²) in [5.74, 6) is -0.238. The summed E-state index contributed by atoms with van der Waals surface area (Å²) in [6, 6.07) is 15.2. The number of hydrogen-bond donors (Lipinski definition) is 1. The summed E-state index contributed by atoms with van der Waals surface area (Å²) in [5, 5.41) is 11.9. The lowest BCUT2D eigenvalue weighted by Crippen LogP contribution is -2.13. The molecule has 0 aliphatic rings. The van der Waals surface area contributed by atoms with Crippen LogP contribution in [0.2, 0.25) is 0 Å². The van der Waals surface area contributed by atoms with Crippen molar-refractivity contribution >= 4 is 23.6 Å². The topological polar surface area (TPSA) is 88.4 Å². The summed E-state index contributed by atoms with van der Waals surface area (Å²) in [6.45, 7) is 4.48. The van der Waals surface area contributed by atoms with Crippen LogP contribution in [0.25, 0.3) is 6.08 Å². The fourth-order valence-electron chi connectivity index (χ4n) is 2.24. The largest absolute Gasteiger partial charge is 0.494 e. The van der Waals surface area contributed by atoms with E-state index in [-0.39, 0.29) is 5.57 Å². The van der Waals surface area contributed by atoms with Crippen molar-refractivity contribution in [2.75, 3.05) is 18.5 Å². The van der Waals surface area contributed by atoms with E-state index in [0.717, 1.165) is 5.75 Å². The Kier molecular flexibility index (Phi) is 7.15. The smallest absolute Gasteiger partial charge is 0.338 e. The van der Waals surface area contributed by atoms with Gasteiger partial charge in [0.25, 0.3) is 5.91 Å². The van der Waals surface area contributed by atoms with Crippen LogP contribution in [0.3, 0.4) is 0 Å². The third kappa shape index (κ3) is 5.72. The molecule has 0 aromatic heterocycles. The number of ether oxygens (including phenoxy) is 2. The molecule has 0 aliphatic carbocycles. The molecule has 6 heteroatoms. The molecule has 0 aliphatic heterocycles. The number of rotatable bonds is 7. The SMILES string of the molecule is CCOC(=O)c1ccc(NC(=O)C(C#N)=Cc2ccc(OCC)cc2)cc1. The van der Waals surface area contributed by atoms with Crippen molar-refractivity contribution in [3.05, 3.63) is 65.2 Å². The highest BCUT2D eigenvalue weighted by Gasteiger charge is 2.11. The monoisotopic (exact) mass is 364 g/mol. The van der Waals surface area contributed by atoms with Crippen molar-refractivity contribution in [1.82, 2.24) is 0 Å². The highest BCUT2D eigenvalue weighted by molar-refractivity contribution is 6.09. The number of carbonyl (C=O) groups is 2. The van der Waals surface area contributed by atoms with Gasteiger partial charge in [-0.1, -0.05) is 12.1 Å². The number of amides is 1. The molecule has 6 nitrogen and oxygen atoms in total. The standard InChI is InChI=1S/C21H20N2O4/c1-3-26-19-11-5-15(6-12-19)13-17(14-22)20(24)23-18-9-7-16(8-10-18)21(25)27-4-2/h5-13H,3-4H2,1-2H3,(H,23,24). The molecule has 0 saturated heterocycles. The normalized spacial score (nSPS) is 10.6. The van der Waals surface area contributed by atoms with Crippen LogP contribution in [-0.4, -0.2) is 25.1 Å². The van der Waals surface area contributed by atoms with Gasteiger partial charge in [0.2, 0.25) is 0 Å². The first-order chi connectivity index (χ1) is 13.1. The average Bonchev–Trinajstić information content (AvgIpc) is 2.68. The number of nitriles is 1. The summed E-state index contributed by atoms with van der Waals surface area (Å²) in [7, 11) is 0. The van der Waals surface area contributed by atoms with Crippen LogP contribution < -0.4 is 10.1 Å². The first-order valence-corrected chi connectivity index (χ1v) is 8.50. The van der Waals surface area contributed by atoms with E-state index >= 15 is 0 Å². The summed E-state index contributed by atoms with van der Waals surface area (Å²) in [6.07, 6.45) is 1.50. The molecular formula is C21H20N2O4. The lowest BCUT2D eigenvalue weighted by Gasteiger charge is -2.06. The maximum absolute atomic E-state index is 12.3. The molecule has 0 spiro atoms. The number of nitrogens with one attached hydrogen (secondary N) is 1. The molecule has 0 atom stereocenters. The average molecular weight is 364 g/mol. The minimum absolute atomic E-state index is 0.0337. The minimum atomic E-state index is -0.532. The second-order valence-corrected chi connectivity index (χ2v) is 5.42. The molecule has 138 valence electrons. The molecule has 0 saturated carbocycles. The van der Waals surface area contributed by atoms with Gasteiger partial charge in [0.15, 0.2) is 0 Å². The zero-order valence-corrected chi connectivity index (χ0v) is 15.2. The lowest BCUT2D eigenvalue weighted by molar-refractivity contribution is -0.112. The summed E-state index contributed by atoms with van der Waals surface area (Å²) < 4.78 is 10.3. The zero-order chi connectivity index (χ0) is 19.6. The lowest BCUT2D eigenvalue weighted by atomic mass is 10.1. The molecule has 0 unspecified atom stereocenters. The van der Waals surface area contributed by atoms with Crippen LogP contribution in [0.4, 0.5) is 5.69 Å². The van der Waals surface area contributed by atoms with E-state index in [0.29, 0.717) is 30.0 Å². The van der Waals surface area contributed by atoms with Crippen LogP contribution in [0.15, 0.2) is 54.1 Å². The van der Waals surface area contributed by atoms with E-state index in [4.69, 9.17) is 9.47 Å². The second kappa shape index (κ2) is 9.78. The maximum Gasteiger partial charge on any atom is 0.338 e. The van der Waals surface area contributed by atoms with Gasteiger partial charge in [-0.3, -0.25) is 4.79 Å². The van der Waals surface area contributed by atoms with Crippen LogP contribution >= 0.6 is 0 Å². The Morgan fingerprint density at radius 3 is 2.26 bits per heavy atom. The molecule has 2 aromatic carbocycles. The van der Waals surface area contributed by atoms with Crippen LogP contribution in [0, 0.1) is 11.3 Å². The van der Waals surface area contributed by atoms with E-state index in [1.807, 2.05) is 13.0 Å². The molecule has 0 heterocycles. The predicted molar refractivity (Wildman–Crippen MR) is 102 cm³/mol. The number of benzene rings is 2. The fraction of sp³-hybridized carbons (Fsp3) is 0.190. The maximum atomic E-state index is 12.3. The van der Waals surface area contributed by atoms with Gasteiger partial charge in [0.05, 0.1) is 18.8 Å². The molecule has 2 aromatic rings. The van der Waals surface area contributed by atoms with Crippen LogP contribution in [0.5, 0.6) is 5.75 Å². The summed E-state index contributed by atoms with van der Waals surface area (Å²) >= 11 is 0. The third-order valence-electron chi connectivity index (χ3n) is 3.52. The Morgan fingerprint density at radius 2 is 1.70 bits per heavy atom. The zero-order valence-electron chi connectivity index (χ0n) is 15.2. The Hall–Kier alpha value is -3.59. The molecule has 2 rings (SSSR count). The van der Waals surface area contributed by atoms with E-state index in [2.05, 4.69) is 5.32 Å². The van der Waals surface area contributed by atoms with Crippen molar-refractivity contribution in [2.45, 2.75) is 13.8 Å². The fourth-order valence-corrected chi connectivity index (χ4v) is 2.24. The summed E-state index contributed by atoms with van der Waals surface area (Å²) in [4.78, 5) is 24.0. The molecule has 1 amide bonds. The molecule has 0 fully saturated rings. The molecule has 1 N–H and O–H groups in total. The van der Waals surface area contributed by atoms with E-state index < -0.39 is 11.9 Å². The first-order valence-electron chi connectivity index (χ1n) is 8.50. The van der Waals surface area contributed by atoms with Gasteiger partial charge in [0, 0.05) is 5.69 Å². The van der Waals surface area contributed by atoms with E-state index in [9.17, 15) is 14.9 Å². The Morgan fingerprint density at radius 1 is 1.04 bits per heavy atom. The van der Waals surface area contributed by atoms with Crippen molar-refractivity contribution < 1.29 is 19.1 Å². The predicted octanol–water partition coefficient (Wildman–Crippen LogP) is 3.81. The van der Waals surface area contributed by atoms with Crippen LogP contribution in [0.1, 0.15) is 29.8 Å². The number of carbonyl (C=O) groups excluding carboxylic acids is 2. The molecule has 0 radical (unpaired) electrons. The Labute approximate surface area is 158 Å². The number of anilines is 1. The van der Waals surface area contributed by atoms with Crippen LogP contribution in [-0.2, 0) is 9.53 Å². The summed E-state index contributed by atoms with van der Waals surface area (Å²) in [5.41, 5.74) is 1.54. The van der Waals surface area contributed by atoms with Gasteiger partial charge >= 0.3 is 5.97 Å². The van der Waals surface area contributed by atoms with Gasteiger partial charge in [-0.15, -0.1) is 0 Å². The van der Waals surface area contributed by atoms with Crippen molar-refractivity contribution in [1.29, 1.82) is 5.26 Å². The molecule has 0 bridgehead atoms. The second-order valence-electron chi connectivity index (χ2n) is 5.42. The molecule has 27 heavy (non-hydrogen) atoms. The van der Waals surface area contributed by atoms with Gasteiger partial charge in [-0.05, 0) is 61.9 Å². The Balaban J connectivity index is 2.08. The highest BCUT2D eigenvalue weighted by atomic mass is 16.5. The van der Waals surface area contributed by atoms with Crippen molar-refractivity contribution in [3.63, 3.8) is 0 Å². The Bertz CT molecular complexity index is 863. The van der Waals surface area contributed by atoms with E-state index in [1.54, 1.807) is 55.5 Å². The van der Waals surface area contributed by atoms with Gasteiger partial charge in [-0.25, -0.2) is 4.79 Å². The molecular weight excluding hydrogens is 344 g/mol. The number of nitrogens with zero attached hydrogens (tertiary/aromatic N) is 1. The first kappa shape index (κ1) is 19.7.